The molecular formula is C13H20N2O3. The Balaban J connectivity index is 2.96. The van der Waals surface area contributed by atoms with Crippen LogP contribution in [0, 0.1) is 0 Å². The standard InChI is InChI=1S/C13H20N2O3/c1-3-4-15(5-6-16)13(17)10-7-11(14)9-12(8-10)18-2/h7-9,16H,3-6,14H2,1-2H3. The number of benzene rings is 1. The Morgan fingerprint density at radius 2 is 2.11 bits per heavy atom. The summed E-state index contributed by atoms with van der Waals surface area (Å²) in [5.41, 5.74) is 6.69. The van der Waals surface area contributed by atoms with Crippen molar-refractivity contribution in [1.82, 2.24) is 4.90 Å². The second kappa shape index (κ2) is 6.86. The summed E-state index contributed by atoms with van der Waals surface area (Å²) in [6, 6.07) is 4.93. The minimum Gasteiger partial charge on any atom is -0.497 e. The number of nitrogens with zero attached hydrogens (tertiary/aromatic N) is 1. The largest absolute Gasteiger partial charge is 0.497 e. The molecule has 1 amide bonds. The van der Waals surface area contributed by atoms with Gasteiger partial charge in [0.2, 0.25) is 0 Å². The Hall–Kier alpha value is -1.75. The lowest BCUT2D eigenvalue weighted by Gasteiger charge is -2.21. The maximum absolute atomic E-state index is 12.2. The van der Waals surface area contributed by atoms with Crippen LogP contribution in [0.3, 0.4) is 0 Å². The zero-order valence-corrected chi connectivity index (χ0v) is 10.8. The third-order valence-electron chi connectivity index (χ3n) is 2.56. The molecule has 0 bridgehead atoms. The van der Waals surface area contributed by atoms with Crippen molar-refractivity contribution in [2.24, 2.45) is 0 Å². The van der Waals surface area contributed by atoms with Crippen molar-refractivity contribution >= 4 is 11.6 Å². The zero-order valence-electron chi connectivity index (χ0n) is 10.8. The predicted molar refractivity (Wildman–Crippen MR) is 70.7 cm³/mol. The average molecular weight is 252 g/mol. The Labute approximate surface area is 107 Å². The molecular weight excluding hydrogens is 232 g/mol. The molecule has 0 atom stereocenters. The highest BCUT2D eigenvalue weighted by atomic mass is 16.5. The number of hydrogen-bond acceptors (Lipinski definition) is 4. The van der Waals surface area contributed by atoms with E-state index in [4.69, 9.17) is 15.6 Å². The molecule has 3 N–H and O–H groups in total. The van der Waals surface area contributed by atoms with Crippen molar-refractivity contribution in [3.8, 4) is 5.75 Å². The van der Waals surface area contributed by atoms with E-state index in [0.717, 1.165) is 6.42 Å². The third-order valence-corrected chi connectivity index (χ3v) is 2.56. The van der Waals surface area contributed by atoms with Gasteiger partial charge in [-0.05, 0) is 18.6 Å². The second-order valence-electron chi connectivity index (χ2n) is 4.01. The second-order valence-corrected chi connectivity index (χ2v) is 4.01. The number of aliphatic hydroxyl groups is 1. The molecule has 18 heavy (non-hydrogen) atoms. The number of ether oxygens (including phenoxy) is 1. The summed E-state index contributed by atoms with van der Waals surface area (Å²) < 4.78 is 5.09. The van der Waals surface area contributed by atoms with Crippen LogP contribution in [0.25, 0.3) is 0 Å². The van der Waals surface area contributed by atoms with Crippen LogP contribution in [-0.4, -0.2) is 42.7 Å². The maximum Gasteiger partial charge on any atom is 0.254 e. The smallest absolute Gasteiger partial charge is 0.254 e. The lowest BCUT2D eigenvalue weighted by molar-refractivity contribution is 0.0721. The van der Waals surface area contributed by atoms with E-state index in [1.807, 2.05) is 6.92 Å². The van der Waals surface area contributed by atoms with Crippen molar-refractivity contribution < 1.29 is 14.6 Å². The monoisotopic (exact) mass is 252 g/mol. The van der Waals surface area contributed by atoms with Crippen LogP contribution in [0.2, 0.25) is 0 Å². The molecule has 5 heteroatoms. The Bertz CT molecular complexity index is 401. The molecule has 0 aliphatic heterocycles. The molecule has 0 spiro atoms. The molecule has 1 rings (SSSR count). The van der Waals surface area contributed by atoms with Crippen LogP contribution in [0.4, 0.5) is 5.69 Å². The third kappa shape index (κ3) is 3.63. The number of rotatable bonds is 6. The van der Waals surface area contributed by atoms with Gasteiger partial charge in [0.15, 0.2) is 0 Å². The Morgan fingerprint density at radius 3 is 2.67 bits per heavy atom. The molecule has 0 heterocycles. The van der Waals surface area contributed by atoms with Crippen molar-refractivity contribution in [1.29, 1.82) is 0 Å². The lowest BCUT2D eigenvalue weighted by atomic mass is 10.1. The van der Waals surface area contributed by atoms with Gasteiger partial charge >= 0.3 is 0 Å². The van der Waals surface area contributed by atoms with Gasteiger partial charge in [-0.15, -0.1) is 0 Å². The molecule has 0 saturated carbocycles. The lowest BCUT2D eigenvalue weighted by Crippen LogP contribution is -2.34. The number of methoxy groups -OCH3 is 1. The van der Waals surface area contributed by atoms with E-state index in [1.165, 1.54) is 7.11 Å². The first-order valence-corrected chi connectivity index (χ1v) is 5.97. The summed E-state index contributed by atoms with van der Waals surface area (Å²) in [6.45, 7) is 2.86. The predicted octanol–water partition coefficient (Wildman–Crippen LogP) is 1.12. The Kier molecular flexibility index (Phi) is 5.45. The zero-order chi connectivity index (χ0) is 13.5. The molecule has 0 aromatic heterocycles. The number of amides is 1. The Morgan fingerprint density at radius 1 is 1.39 bits per heavy atom. The van der Waals surface area contributed by atoms with E-state index in [9.17, 15) is 4.79 Å². The van der Waals surface area contributed by atoms with E-state index in [0.29, 0.717) is 30.1 Å². The number of nitrogens with two attached hydrogens (primary N) is 1. The minimum atomic E-state index is -0.142. The first-order valence-electron chi connectivity index (χ1n) is 5.97. The minimum absolute atomic E-state index is 0.0504. The van der Waals surface area contributed by atoms with Gasteiger partial charge in [-0.3, -0.25) is 4.79 Å². The van der Waals surface area contributed by atoms with Crippen molar-refractivity contribution in [2.45, 2.75) is 13.3 Å². The molecule has 0 aliphatic carbocycles. The van der Waals surface area contributed by atoms with Gasteiger partial charge < -0.3 is 20.5 Å². The summed E-state index contributed by atoms with van der Waals surface area (Å²) in [5, 5.41) is 8.97. The quantitative estimate of drug-likeness (QED) is 0.744. The van der Waals surface area contributed by atoms with Crippen LogP contribution >= 0.6 is 0 Å². The summed E-state index contributed by atoms with van der Waals surface area (Å²) in [5.74, 6) is 0.412. The van der Waals surface area contributed by atoms with Crippen molar-refractivity contribution in [2.75, 3.05) is 32.5 Å². The molecule has 0 fully saturated rings. The molecule has 0 unspecified atom stereocenters. The van der Waals surface area contributed by atoms with Gasteiger partial charge in [-0.1, -0.05) is 6.92 Å². The summed E-state index contributed by atoms with van der Waals surface area (Å²) in [7, 11) is 1.53. The summed E-state index contributed by atoms with van der Waals surface area (Å²) in [6.07, 6.45) is 0.838. The first-order chi connectivity index (χ1) is 8.62. The van der Waals surface area contributed by atoms with Crippen molar-refractivity contribution in [3.63, 3.8) is 0 Å². The maximum atomic E-state index is 12.2. The molecule has 5 nitrogen and oxygen atoms in total. The molecule has 100 valence electrons. The van der Waals surface area contributed by atoms with Crippen LogP contribution in [0.1, 0.15) is 23.7 Å². The van der Waals surface area contributed by atoms with Gasteiger partial charge in [-0.2, -0.15) is 0 Å². The van der Waals surface area contributed by atoms with E-state index >= 15 is 0 Å². The van der Waals surface area contributed by atoms with Crippen LogP contribution in [-0.2, 0) is 0 Å². The number of hydrogen-bond donors (Lipinski definition) is 2. The van der Waals surface area contributed by atoms with Gasteiger partial charge in [0, 0.05) is 30.4 Å². The van der Waals surface area contributed by atoms with E-state index in [-0.39, 0.29) is 12.5 Å². The van der Waals surface area contributed by atoms with E-state index in [2.05, 4.69) is 0 Å². The highest BCUT2D eigenvalue weighted by molar-refractivity contribution is 5.95. The van der Waals surface area contributed by atoms with Crippen LogP contribution in [0.5, 0.6) is 5.75 Å². The molecule has 1 aromatic rings. The molecule has 1 aromatic carbocycles. The first kappa shape index (κ1) is 14.3. The average Bonchev–Trinajstić information content (AvgIpc) is 2.36. The highest BCUT2D eigenvalue weighted by Gasteiger charge is 2.15. The van der Waals surface area contributed by atoms with Gasteiger partial charge in [0.25, 0.3) is 5.91 Å². The SMILES string of the molecule is CCCN(CCO)C(=O)c1cc(N)cc(OC)c1. The molecule has 0 aliphatic rings. The number of nitrogen functional groups attached to an aromatic ring is 1. The fourth-order valence-corrected chi connectivity index (χ4v) is 1.75. The summed E-state index contributed by atoms with van der Waals surface area (Å²) in [4.78, 5) is 13.9. The topological polar surface area (TPSA) is 75.8 Å². The number of aliphatic hydroxyl groups excluding tert-OH is 1. The van der Waals surface area contributed by atoms with Gasteiger partial charge in [-0.25, -0.2) is 0 Å². The highest BCUT2D eigenvalue weighted by Crippen LogP contribution is 2.19. The normalized spacial score (nSPS) is 10.2. The van der Waals surface area contributed by atoms with Crippen molar-refractivity contribution in [3.05, 3.63) is 23.8 Å². The van der Waals surface area contributed by atoms with Gasteiger partial charge in [0.1, 0.15) is 5.75 Å². The van der Waals surface area contributed by atoms with Crippen LogP contribution in [0.15, 0.2) is 18.2 Å². The fraction of sp³-hybridized carbons (Fsp3) is 0.462. The number of anilines is 1. The number of carbonyl (C=O) groups excluding carboxylic acids is 1. The van der Waals surface area contributed by atoms with E-state index < -0.39 is 0 Å². The number of carbonyl (C=O) groups is 1. The van der Waals surface area contributed by atoms with E-state index in [1.54, 1.807) is 23.1 Å². The molecule has 0 radical (unpaired) electrons. The van der Waals surface area contributed by atoms with Gasteiger partial charge in [0.05, 0.1) is 13.7 Å². The summed E-state index contributed by atoms with van der Waals surface area (Å²) >= 11 is 0. The fourth-order valence-electron chi connectivity index (χ4n) is 1.75. The molecule has 0 saturated heterocycles. The van der Waals surface area contributed by atoms with Crippen LogP contribution < -0.4 is 10.5 Å².